The van der Waals surface area contributed by atoms with Gasteiger partial charge in [0.1, 0.15) is 11.6 Å². The number of aryl methyl sites for hydroxylation is 1. The minimum atomic E-state index is -0.516. The van der Waals surface area contributed by atoms with Gasteiger partial charge in [0.05, 0.1) is 11.7 Å². The van der Waals surface area contributed by atoms with Gasteiger partial charge in [-0.1, -0.05) is 41.9 Å². The summed E-state index contributed by atoms with van der Waals surface area (Å²) in [6.45, 7) is 5.44. The molecule has 1 N–H and O–H groups in total. The number of rotatable bonds is 6. The van der Waals surface area contributed by atoms with Gasteiger partial charge in [-0.3, -0.25) is 14.5 Å². The average Bonchev–Trinajstić information content (AvgIpc) is 3.21. The number of amides is 1. The van der Waals surface area contributed by atoms with Crippen molar-refractivity contribution in [3.05, 3.63) is 75.7 Å². The van der Waals surface area contributed by atoms with Crippen LogP contribution in [0.4, 0.5) is 0 Å². The second kappa shape index (κ2) is 9.84. The van der Waals surface area contributed by atoms with E-state index >= 15 is 0 Å². The normalized spacial score (nSPS) is 16.1. The summed E-state index contributed by atoms with van der Waals surface area (Å²) in [6.07, 6.45) is 3.80. The number of nitrogens with zero attached hydrogens (tertiary/aromatic N) is 4. The summed E-state index contributed by atoms with van der Waals surface area (Å²) >= 11 is 5.99. The van der Waals surface area contributed by atoms with E-state index in [1.807, 2.05) is 47.9 Å². The molecule has 8 heteroatoms. The molecule has 0 aliphatic carbocycles. The van der Waals surface area contributed by atoms with Gasteiger partial charge >= 0.3 is 0 Å². The van der Waals surface area contributed by atoms with Crippen molar-refractivity contribution in [2.24, 2.45) is 13.0 Å². The molecule has 1 aliphatic rings. The van der Waals surface area contributed by atoms with E-state index in [4.69, 9.17) is 11.6 Å². The first-order valence-electron chi connectivity index (χ1n) is 12.1. The molecule has 1 saturated heterocycles. The van der Waals surface area contributed by atoms with Gasteiger partial charge in [0.2, 0.25) is 5.91 Å². The topological polar surface area (TPSA) is 72.2 Å². The number of hydrogen-bond donors (Lipinski definition) is 1. The molecule has 2 aromatic carbocycles. The Kier molecular flexibility index (Phi) is 6.62. The number of piperidine rings is 1. The molecule has 35 heavy (non-hydrogen) atoms. The molecular formula is C27H30ClN5O2. The van der Waals surface area contributed by atoms with Gasteiger partial charge in [-0.15, -0.1) is 0 Å². The summed E-state index contributed by atoms with van der Waals surface area (Å²) in [4.78, 5) is 28.6. The molecule has 3 heterocycles. The van der Waals surface area contributed by atoms with Crippen LogP contribution in [0.25, 0.3) is 21.8 Å². The van der Waals surface area contributed by atoms with Crippen LogP contribution in [0, 0.1) is 5.92 Å². The van der Waals surface area contributed by atoms with E-state index in [1.165, 1.54) is 10.2 Å². The average molecular weight is 492 g/mol. The Morgan fingerprint density at radius 1 is 1.11 bits per heavy atom. The lowest BCUT2D eigenvalue weighted by Crippen LogP contribution is -2.40. The van der Waals surface area contributed by atoms with Crippen molar-refractivity contribution < 1.29 is 4.79 Å². The third-order valence-corrected chi connectivity index (χ3v) is 7.42. The first-order valence-corrected chi connectivity index (χ1v) is 12.5. The molecular weight excluding hydrogens is 462 g/mol. The third-order valence-electron chi connectivity index (χ3n) is 7.16. The lowest BCUT2D eigenvalue weighted by molar-refractivity contribution is -0.123. The van der Waals surface area contributed by atoms with E-state index in [0.717, 1.165) is 53.8 Å². The Labute approximate surface area is 209 Å². The SMILES string of the molecule is C[C@H](C(=O)NCC1CCN(Cc2ccc(Cl)cc2)CC1)n1c2ccccc2c2cnn(C)c(=O)c21. The van der Waals surface area contributed by atoms with Crippen LogP contribution < -0.4 is 10.9 Å². The summed E-state index contributed by atoms with van der Waals surface area (Å²) in [5.41, 5.74) is 2.45. The van der Waals surface area contributed by atoms with Crippen molar-refractivity contribution in [1.29, 1.82) is 0 Å². The van der Waals surface area contributed by atoms with Crippen molar-refractivity contribution in [2.75, 3.05) is 19.6 Å². The van der Waals surface area contributed by atoms with Crippen molar-refractivity contribution in [2.45, 2.75) is 32.4 Å². The quantitative estimate of drug-likeness (QED) is 0.440. The summed E-state index contributed by atoms with van der Waals surface area (Å²) in [7, 11) is 1.63. The van der Waals surface area contributed by atoms with Gasteiger partial charge in [0, 0.05) is 35.9 Å². The van der Waals surface area contributed by atoms with E-state index in [9.17, 15) is 9.59 Å². The number of carbonyl (C=O) groups is 1. The zero-order chi connectivity index (χ0) is 24.5. The van der Waals surface area contributed by atoms with E-state index in [0.29, 0.717) is 18.0 Å². The molecule has 0 bridgehead atoms. The maximum atomic E-state index is 13.2. The lowest BCUT2D eigenvalue weighted by Gasteiger charge is -2.32. The molecule has 1 atom stereocenters. The predicted molar refractivity (Wildman–Crippen MR) is 140 cm³/mol. The lowest BCUT2D eigenvalue weighted by atomic mass is 9.96. The number of hydrogen-bond acceptors (Lipinski definition) is 4. The second-order valence-electron chi connectivity index (χ2n) is 9.49. The van der Waals surface area contributed by atoms with Crippen LogP contribution in [0.3, 0.4) is 0 Å². The minimum Gasteiger partial charge on any atom is -0.354 e. The molecule has 1 fully saturated rings. The highest BCUT2D eigenvalue weighted by molar-refractivity contribution is 6.30. The fraction of sp³-hybridized carbons (Fsp3) is 0.370. The molecule has 0 saturated carbocycles. The first-order chi connectivity index (χ1) is 16.9. The van der Waals surface area contributed by atoms with Crippen molar-refractivity contribution >= 4 is 39.3 Å². The third kappa shape index (κ3) is 4.70. The maximum Gasteiger partial charge on any atom is 0.291 e. The van der Waals surface area contributed by atoms with E-state index in [-0.39, 0.29) is 11.5 Å². The molecule has 5 rings (SSSR count). The molecule has 2 aromatic heterocycles. The Morgan fingerprint density at radius 3 is 2.57 bits per heavy atom. The number of nitrogens with one attached hydrogen (secondary N) is 1. The second-order valence-corrected chi connectivity index (χ2v) is 9.93. The number of carbonyl (C=O) groups excluding carboxylic acids is 1. The summed E-state index contributed by atoms with van der Waals surface area (Å²) in [6, 6.07) is 15.3. The summed E-state index contributed by atoms with van der Waals surface area (Å²) in [5, 5.41) is 9.81. The number of benzene rings is 2. The van der Waals surface area contributed by atoms with Crippen molar-refractivity contribution in [1.82, 2.24) is 24.6 Å². The maximum absolute atomic E-state index is 13.2. The summed E-state index contributed by atoms with van der Waals surface area (Å²) in [5.74, 6) is 0.373. The van der Waals surface area contributed by atoms with Crippen molar-refractivity contribution in [3.63, 3.8) is 0 Å². The van der Waals surface area contributed by atoms with Crippen LogP contribution in [0.15, 0.2) is 59.5 Å². The van der Waals surface area contributed by atoms with Crippen LogP contribution in [-0.4, -0.2) is 44.8 Å². The van der Waals surface area contributed by atoms with Gasteiger partial charge < -0.3 is 9.88 Å². The van der Waals surface area contributed by atoms with Crippen LogP contribution in [-0.2, 0) is 18.4 Å². The molecule has 7 nitrogen and oxygen atoms in total. The Bertz CT molecular complexity index is 1420. The van der Waals surface area contributed by atoms with Gasteiger partial charge in [0.25, 0.3) is 5.56 Å². The molecule has 0 radical (unpaired) electrons. The fourth-order valence-corrected chi connectivity index (χ4v) is 5.22. The highest BCUT2D eigenvalue weighted by Gasteiger charge is 2.25. The van der Waals surface area contributed by atoms with Crippen LogP contribution >= 0.6 is 11.6 Å². The number of para-hydroxylation sites is 1. The zero-order valence-electron chi connectivity index (χ0n) is 20.1. The van der Waals surface area contributed by atoms with Crippen LogP contribution in [0.5, 0.6) is 0 Å². The Balaban J connectivity index is 1.25. The largest absolute Gasteiger partial charge is 0.354 e. The van der Waals surface area contributed by atoms with E-state index < -0.39 is 6.04 Å². The van der Waals surface area contributed by atoms with Gasteiger partial charge in [-0.25, -0.2) is 4.68 Å². The zero-order valence-corrected chi connectivity index (χ0v) is 20.8. The molecule has 1 aliphatic heterocycles. The van der Waals surface area contributed by atoms with Crippen LogP contribution in [0.2, 0.25) is 5.02 Å². The number of aromatic nitrogens is 3. The standard InChI is InChI=1S/C27H30ClN5O2/c1-18(33-24-6-4-3-5-22(24)23-16-30-31(2)27(35)25(23)33)26(34)29-15-19-11-13-32(14-12-19)17-20-7-9-21(28)10-8-20/h3-10,16,18-19H,11-15,17H2,1-2H3,(H,29,34)/t18-/m1/s1. The first kappa shape index (κ1) is 23.6. The number of halogens is 1. The van der Waals surface area contributed by atoms with E-state index in [1.54, 1.807) is 13.2 Å². The summed E-state index contributed by atoms with van der Waals surface area (Å²) < 4.78 is 3.18. The Hall–Kier alpha value is -3.16. The smallest absolute Gasteiger partial charge is 0.291 e. The van der Waals surface area contributed by atoms with Gasteiger partial charge in [0.15, 0.2) is 0 Å². The minimum absolute atomic E-state index is 0.0740. The fourth-order valence-electron chi connectivity index (χ4n) is 5.10. The van der Waals surface area contributed by atoms with Gasteiger partial charge in [-0.2, -0.15) is 5.10 Å². The highest BCUT2D eigenvalue weighted by atomic mass is 35.5. The molecule has 0 unspecified atom stereocenters. The molecule has 182 valence electrons. The molecule has 4 aromatic rings. The van der Waals surface area contributed by atoms with Crippen LogP contribution in [0.1, 0.15) is 31.4 Å². The predicted octanol–water partition coefficient (Wildman–Crippen LogP) is 4.13. The molecule has 1 amide bonds. The number of fused-ring (bicyclic) bond motifs is 3. The van der Waals surface area contributed by atoms with Gasteiger partial charge in [-0.05, 0) is 62.5 Å². The molecule has 0 spiro atoms. The monoisotopic (exact) mass is 491 g/mol. The highest BCUT2D eigenvalue weighted by Crippen LogP contribution is 2.29. The van der Waals surface area contributed by atoms with E-state index in [2.05, 4.69) is 27.4 Å². The Morgan fingerprint density at radius 2 is 1.83 bits per heavy atom. The van der Waals surface area contributed by atoms with Crippen molar-refractivity contribution in [3.8, 4) is 0 Å². The number of likely N-dealkylation sites (tertiary alicyclic amines) is 1.